The van der Waals surface area contributed by atoms with Crippen molar-refractivity contribution in [1.82, 2.24) is 0 Å². The van der Waals surface area contributed by atoms with Gasteiger partial charge in [0.05, 0.1) is 19.8 Å². The van der Waals surface area contributed by atoms with Gasteiger partial charge in [0.1, 0.15) is 24.2 Å². The van der Waals surface area contributed by atoms with Gasteiger partial charge in [-0.05, 0) is 19.1 Å². The highest BCUT2D eigenvalue weighted by Gasteiger charge is 2.12. The van der Waals surface area contributed by atoms with Crippen LogP contribution in [0.2, 0.25) is 0 Å². The Morgan fingerprint density at radius 3 is 2.53 bits per heavy atom. The van der Waals surface area contributed by atoms with Crippen LogP contribution >= 0.6 is 0 Å². The standard InChI is InChI=1S/C12H18O5/c1-8(14)11-4-3-10(16-2)5-12(11)17-7-9(15)6-13/h3-5,8-9,13-15H,6-7H2,1-2H3. The first-order chi connectivity index (χ1) is 8.08. The van der Waals surface area contributed by atoms with E-state index in [0.717, 1.165) is 0 Å². The maximum absolute atomic E-state index is 9.56. The van der Waals surface area contributed by atoms with Crippen LogP contribution in [0.15, 0.2) is 18.2 Å². The van der Waals surface area contributed by atoms with Gasteiger partial charge in [0.2, 0.25) is 0 Å². The first kappa shape index (κ1) is 13.8. The average Bonchev–Trinajstić information content (AvgIpc) is 2.35. The Kier molecular flexibility index (Phi) is 5.21. The van der Waals surface area contributed by atoms with Crippen molar-refractivity contribution in [2.45, 2.75) is 19.1 Å². The maximum atomic E-state index is 9.56. The Labute approximate surface area is 100 Å². The van der Waals surface area contributed by atoms with Crippen LogP contribution in [0.1, 0.15) is 18.6 Å². The minimum atomic E-state index is -0.942. The Balaban J connectivity index is 2.85. The largest absolute Gasteiger partial charge is 0.497 e. The second kappa shape index (κ2) is 6.44. The lowest BCUT2D eigenvalue weighted by Crippen LogP contribution is -2.21. The minimum absolute atomic E-state index is 0.0383. The van der Waals surface area contributed by atoms with E-state index in [1.54, 1.807) is 25.1 Å². The van der Waals surface area contributed by atoms with Gasteiger partial charge in [0.15, 0.2) is 0 Å². The number of ether oxygens (including phenoxy) is 2. The molecular formula is C12H18O5. The lowest BCUT2D eigenvalue weighted by atomic mass is 10.1. The highest BCUT2D eigenvalue weighted by atomic mass is 16.5. The third kappa shape index (κ3) is 3.89. The van der Waals surface area contributed by atoms with E-state index in [0.29, 0.717) is 17.1 Å². The molecule has 17 heavy (non-hydrogen) atoms. The summed E-state index contributed by atoms with van der Waals surface area (Å²) in [5.41, 5.74) is 0.607. The van der Waals surface area contributed by atoms with Crippen LogP contribution in [0.3, 0.4) is 0 Å². The van der Waals surface area contributed by atoms with Gasteiger partial charge in [0, 0.05) is 11.6 Å². The van der Waals surface area contributed by atoms with Crippen LogP contribution in [0.4, 0.5) is 0 Å². The van der Waals surface area contributed by atoms with Crippen molar-refractivity contribution in [3.63, 3.8) is 0 Å². The van der Waals surface area contributed by atoms with Crippen molar-refractivity contribution >= 4 is 0 Å². The van der Waals surface area contributed by atoms with Crippen molar-refractivity contribution in [3.05, 3.63) is 23.8 Å². The zero-order valence-electron chi connectivity index (χ0n) is 9.96. The molecule has 1 aromatic rings. The molecule has 0 aliphatic rings. The number of aliphatic hydroxyl groups excluding tert-OH is 3. The fourth-order valence-corrected chi connectivity index (χ4v) is 1.35. The molecule has 1 rings (SSSR count). The topological polar surface area (TPSA) is 79.2 Å². The third-order valence-electron chi connectivity index (χ3n) is 2.31. The van der Waals surface area contributed by atoms with E-state index < -0.39 is 12.2 Å². The molecule has 1 aromatic carbocycles. The normalized spacial score (nSPS) is 14.2. The summed E-state index contributed by atoms with van der Waals surface area (Å²) in [6.07, 6.45) is -1.62. The predicted octanol–water partition coefficient (Wildman–Crippen LogP) is 0.480. The van der Waals surface area contributed by atoms with Gasteiger partial charge in [-0.3, -0.25) is 0 Å². The first-order valence-corrected chi connectivity index (χ1v) is 5.36. The van der Waals surface area contributed by atoms with Crippen molar-refractivity contribution in [3.8, 4) is 11.5 Å². The number of aliphatic hydroxyl groups is 3. The summed E-state index contributed by atoms with van der Waals surface area (Å²) >= 11 is 0. The summed E-state index contributed by atoms with van der Waals surface area (Å²) in [5.74, 6) is 1.04. The van der Waals surface area contributed by atoms with Crippen LogP contribution in [0.25, 0.3) is 0 Å². The molecule has 2 atom stereocenters. The van der Waals surface area contributed by atoms with Gasteiger partial charge in [-0.15, -0.1) is 0 Å². The van der Waals surface area contributed by atoms with Gasteiger partial charge in [-0.1, -0.05) is 0 Å². The molecule has 0 heterocycles. The number of benzene rings is 1. The highest BCUT2D eigenvalue weighted by molar-refractivity contribution is 5.41. The molecule has 0 amide bonds. The Morgan fingerprint density at radius 2 is 2.00 bits per heavy atom. The molecule has 0 aromatic heterocycles. The molecule has 2 unspecified atom stereocenters. The van der Waals surface area contributed by atoms with Crippen LogP contribution in [-0.4, -0.2) is 41.7 Å². The van der Waals surface area contributed by atoms with Crippen molar-refractivity contribution in [2.24, 2.45) is 0 Å². The fourth-order valence-electron chi connectivity index (χ4n) is 1.35. The SMILES string of the molecule is COc1ccc(C(C)O)c(OCC(O)CO)c1. The first-order valence-electron chi connectivity index (χ1n) is 5.36. The van der Waals surface area contributed by atoms with E-state index in [1.807, 2.05) is 0 Å². The molecule has 0 aliphatic carbocycles. The van der Waals surface area contributed by atoms with Crippen LogP contribution in [0, 0.1) is 0 Å². The summed E-state index contributed by atoms with van der Waals surface area (Å²) in [5, 5.41) is 27.5. The van der Waals surface area contributed by atoms with E-state index in [4.69, 9.17) is 14.6 Å². The molecule has 0 saturated heterocycles. The van der Waals surface area contributed by atoms with E-state index >= 15 is 0 Å². The maximum Gasteiger partial charge on any atom is 0.128 e. The summed E-state index contributed by atoms with van der Waals surface area (Å²) in [6.45, 7) is 1.22. The van der Waals surface area contributed by atoms with Gasteiger partial charge in [-0.2, -0.15) is 0 Å². The quantitative estimate of drug-likeness (QED) is 0.676. The fraction of sp³-hybridized carbons (Fsp3) is 0.500. The molecule has 0 saturated carbocycles. The summed E-state index contributed by atoms with van der Waals surface area (Å²) < 4.78 is 10.4. The highest BCUT2D eigenvalue weighted by Crippen LogP contribution is 2.29. The Bertz CT molecular complexity index is 351. The minimum Gasteiger partial charge on any atom is -0.497 e. The zero-order chi connectivity index (χ0) is 12.8. The predicted molar refractivity (Wildman–Crippen MR) is 62.2 cm³/mol. The molecule has 96 valence electrons. The molecule has 0 radical (unpaired) electrons. The third-order valence-corrected chi connectivity index (χ3v) is 2.31. The monoisotopic (exact) mass is 242 g/mol. The summed E-state index contributed by atoms with van der Waals surface area (Å²) in [6, 6.07) is 5.05. The second-order valence-electron chi connectivity index (χ2n) is 3.73. The van der Waals surface area contributed by atoms with E-state index in [2.05, 4.69) is 0 Å². The molecular weight excluding hydrogens is 224 g/mol. The number of methoxy groups -OCH3 is 1. The second-order valence-corrected chi connectivity index (χ2v) is 3.73. The van der Waals surface area contributed by atoms with Crippen LogP contribution in [-0.2, 0) is 0 Å². The molecule has 0 spiro atoms. The zero-order valence-corrected chi connectivity index (χ0v) is 9.96. The molecule has 0 fully saturated rings. The molecule has 3 N–H and O–H groups in total. The smallest absolute Gasteiger partial charge is 0.128 e. The molecule has 0 aliphatic heterocycles. The Morgan fingerprint density at radius 1 is 1.29 bits per heavy atom. The lowest BCUT2D eigenvalue weighted by molar-refractivity contribution is 0.0522. The molecule has 0 bridgehead atoms. The van der Waals surface area contributed by atoms with Gasteiger partial charge < -0.3 is 24.8 Å². The van der Waals surface area contributed by atoms with Crippen LogP contribution < -0.4 is 9.47 Å². The lowest BCUT2D eigenvalue weighted by Gasteiger charge is -2.16. The van der Waals surface area contributed by atoms with Crippen LogP contribution in [0.5, 0.6) is 11.5 Å². The van der Waals surface area contributed by atoms with Gasteiger partial charge in [0.25, 0.3) is 0 Å². The van der Waals surface area contributed by atoms with E-state index in [-0.39, 0.29) is 13.2 Å². The number of hydrogen-bond acceptors (Lipinski definition) is 5. The average molecular weight is 242 g/mol. The molecule has 5 nitrogen and oxygen atoms in total. The van der Waals surface area contributed by atoms with E-state index in [1.165, 1.54) is 7.11 Å². The number of rotatable bonds is 6. The number of hydrogen-bond donors (Lipinski definition) is 3. The van der Waals surface area contributed by atoms with Crippen molar-refractivity contribution < 1.29 is 24.8 Å². The van der Waals surface area contributed by atoms with Gasteiger partial charge >= 0.3 is 0 Å². The van der Waals surface area contributed by atoms with Crippen molar-refractivity contribution in [2.75, 3.05) is 20.3 Å². The molecule has 5 heteroatoms. The Hall–Kier alpha value is -1.30. The summed E-state index contributed by atoms with van der Waals surface area (Å²) in [7, 11) is 1.53. The van der Waals surface area contributed by atoms with Crippen molar-refractivity contribution in [1.29, 1.82) is 0 Å². The summed E-state index contributed by atoms with van der Waals surface area (Å²) in [4.78, 5) is 0. The van der Waals surface area contributed by atoms with E-state index in [9.17, 15) is 10.2 Å². The van der Waals surface area contributed by atoms with Gasteiger partial charge in [-0.25, -0.2) is 0 Å².